The van der Waals surface area contributed by atoms with Crippen molar-refractivity contribution >= 4 is 27.3 Å². The first-order valence-electron chi connectivity index (χ1n) is 8.42. The standard InChI is InChI=1S/C19H24N2O3S/c1-4-15-7-11-17(12-8-15)20-19(22)16-9-13-18(14-10-16)21(5-2)25(23,24)6-3/h7-14H,4-6H2,1-3H3,(H,20,22). The summed E-state index contributed by atoms with van der Waals surface area (Å²) in [7, 11) is -3.32. The van der Waals surface area contributed by atoms with E-state index in [0.29, 0.717) is 17.8 Å². The lowest BCUT2D eigenvalue weighted by molar-refractivity contribution is 0.102. The zero-order valence-corrected chi connectivity index (χ0v) is 15.6. The maximum atomic E-state index is 12.3. The van der Waals surface area contributed by atoms with Crippen LogP contribution in [0.15, 0.2) is 48.5 Å². The summed E-state index contributed by atoms with van der Waals surface area (Å²) in [5, 5.41) is 2.84. The van der Waals surface area contributed by atoms with Crippen molar-refractivity contribution < 1.29 is 13.2 Å². The molecule has 0 aliphatic rings. The number of sulfonamides is 1. The van der Waals surface area contributed by atoms with E-state index in [2.05, 4.69) is 12.2 Å². The molecular weight excluding hydrogens is 336 g/mol. The van der Waals surface area contributed by atoms with Crippen LogP contribution in [0.1, 0.15) is 36.7 Å². The number of benzene rings is 2. The molecule has 2 rings (SSSR count). The first-order chi connectivity index (χ1) is 11.9. The number of anilines is 2. The second kappa shape index (κ2) is 8.16. The number of hydrogen-bond donors (Lipinski definition) is 1. The number of carbonyl (C=O) groups excluding carboxylic acids is 1. The van der Waals surface area contributed by atoms with Crippen molar-refractivity contribution in [1.29, 1.82) is 0 Å². The highest BCUT2D eigenvalue weighted by Gasteiger charge is 2.18. The van der Waals surface area contributed by atoms with E-state index >= 15 is 0 Å². The van der Waals surface area contributed by atoms with Crippen LogP contribution in [0, 0.1) is 0 Å². The maximum Gasteiger partial charge on any atom is 0.255 e. The lowest BCUT2D eigenvalue weighted by Crippen LogP contribution is -2.32. The van der Waals surface area contributed by atoms with Crippen molar-refractivity contribution in [3.8, 4) is 0 Å². The highest BCUT2D eigenvalue weighted by Crippen LogP contribution is 2.20. The minimum absolute atomic E-state index is 0.0385. The third-order valence-electron chi connectivity index (χ3n) is 4.03. The van der Waals surface area contributed by atoms with E-state index in [4.69, 9.17) is 0 Å². The van der Waals surface area contributed by atoms with Gasteiger partial charge in [0.1, 0.15) is 0 Å². The van der Waals surface area contributed by atoms with Crippen LogP contribution in [0.3, 0.4) is 0 Å². The van der Waals surface area contributed by atoms with Gasteiger partial charge in [-0.2, -0.15) is 0 Å². The Balaban J connectivity index is 2.14. The van der Waals surface area contributed by atoms with E-state index in [9.17, 15) is 13.2 Å². The van der Waals surface area contributed by atoms with Gasteiger partial charge in [0.15, 0.2) is 0 Å². The molecule has 2 aromatic carbocycles. The monoisotopic (exact) mass is 360 g/mol. The molecule has 1 N–H and O–H groups in total. The molecule has 134 valence electrons. The smallest absolute Gasteiger partial charge is 0.255 e. The fourth-order valence-corrected chi connectivity index (χ4v) is 3.65. The Kier molecular flexibility index (Phi) is 6.20. The van der Waals surface area contributed by atoms with Gasteiger partial charge in [0.2, 0.25) is 10.0 Å². The first kappa shape index (κ1) is 19.0. The van der Waals surface area contributed by atoms with E-state index < -0.39 is 10.0 Å². The number of nitrogens with zero attached hydrogens (tertiary/aromatic N) is 1. The molecule has 0 atom stereocenters. The number of nitrogens with one attached hydrogen (secondary N) is 1. The van der Waals surface area contributed by atoms with Crippen molar-refractivity contribution in [3.05, 3.63) is 59.7 Å². The highest BCUT2D eigenvalue weighted by molar-refractivity contribution is 7.92. The molecule has 5 nitrogen and oxygen atoms in total. The molecule has 0 aliphatic carbocycles. The van der Waals surface area contributed by atoms with Gasteiger partial charge in [0, 0.05) is 17.8 Å². The molecule has 25 heavy (non-hydrogen) atoms. The van der Waals surface area contributed by atoms with Gasteiger partial charge in [0.05, 0.1) is 11.4 Å². The van der Waals surface area contributed by atoms with Gasteiger partial charge < -0.3 is 5.32 Å². The molecule has 1 amide bonds. The summed E-state index contributed by atoms with van der Waals surface area (Å²) in [4.78, 5) is 12.3. The zero-order chi connectivity index (χ0) is 18.4. The molecule has 0 radical (unpaired) electrons. The molecule has 0 aromatic heterocycles. The van der Waals surface area contributed by atoms with Crippen molar-refractivity contribution in [2.24, 2.45) is 0 Å². The molecule has 0 unspecified atom stereocenters. The Morgan fingerprint density at radius 3 is 2.04 bits per heavy atom. The number of amides is 1. The summed E-state index contributed by atoms with van der Waals surface area (Å²) in [5.74, 6) is -0.186. The SMILES string of the molecule is CCc1ccc(NC(=O)c2ccc(N(CC)S(=O)(=O)CC)cc2)cc1. The molecule has 0 fully saturated rings. The van der Waals surface area contributed by atoms with Crippen molar-refractivity contribution in [3.63, 3.8) is 0 Å². The Bertz CT molecular complexity index is 813. The Morgan fingerprint density at radius 1 is 0.960 bits per heavy atom. The van der Waals surface area contributed by atoms with Gasteiger partial charge in [-0.15, -0.1) is 0 Å². The Labute approximate surface area is 149 Å². The molecule has 0 bridgehead atoms. The fraction of sp³-hybridized carbons (Fsp3) is 0.316. The predicted molar refractivity (Wildman–Crippen MR) is 103 cm³/mol. The molecule has 0 aliphatic heterocycles. The van der Waals surface area contributed by atoms with Crippen molar-refractivity contribution in [2.75, 3.05) is 21.9 Å². The summed E-state index contributed by atoms with van der Waals surface area (Å²) >= 11 is 0. The van der Waals surface area contributed by atoms with Crippen LogP contribution in [0.4, 0.5) is 11.4 Å². The number of rotatable bonds is 7. The molecule has 0 saturated carbocycles. The number of aryl methyl sites for hydroxylation is 1. The van der Waals surface area contributed by atoms with Crippen LogP contribution in [0.2, 0.25) is 0 Å². The summed E-state index contributed by atoms with van der Waals surface area (Å²) in [6.45, 7) is 5.83. The van der Waals surface area contributed by atoms with E-state index in [1.165, 1.54) is 9.87 Å². The largest absolute Gasteiger partial charge is 0.322 e. The molecule has 6 heteroatoms. The lowest BCUT2D eigenvalue weighted by Gasteiger charge is -2.22. The van der Waals surface area contributed by atoms with E-state index in [1.807, 2.05) is 24.3 Å². The lowest BCUT2D eigenvalue weighted by atomic mass is 10.1. The van der Waals surface area contributed by atoms with Crippen LogP contribution in [-0.2, 0) is 16.4 Å². The third-order valence-corrected chi connectivity index (χ3v) is 5.90. The summed E-state index contributed by atoms with van der Waals surface area (Å²) in [6, 6.07) is 14.3. The predicted octanol–water partition coefficient (Wildman–Crippen LogP) is 3.68. The van der Waals surface area contributed by atoms with Crippen LogP contribution in [0.5, 0.6) is 0 Å². The second-order valence-electron chi connectivity index (χ2n) is 5.62. The minimum Gasteiger partial charge on any atom is -0.322 e. The van der Waals surface area contributed by atoms with Gasteiger partial charge >= 0.3 is 0 Å². The Morgan fingerprint density at radius 2 is 1.56 bits per heavy atom. The van der Waals surface area contributed by atoms with E-state index in [1.54, 1.807) is 38.1 Å². The molecule has 0 heterocycles. The van der Waals surface area contributed by atoms with Crippen LogP contribution in [0.25, 0.3) is 0 Å². The van der Waals surface area contributed by atoms with E-state index in [0.717, 1.165) is 12.1 Å². The van der Waals surface area contributed by atoms with Crippen molar-refractivity contribution in [1.82, 2.24) is 0 Å². The maximum absolute atomic E-state index is 12.3. The highest BCUT2D eigenvalue weighted by atomic mass is 32.2. The third kappa shape index (κ3) is 4.60. The molecule has 0 spiro atoms. The zero-order valence-electron chi connectivity index (χ0n) is 14.8. The number of hydrogen-bond acceptors (Lipinski definition) is 3. The van der Waals surface area contributed by atoms with Crippen molar-refractivity contribution in [2.45, 2.75) is 27.2 Å². The number of carbonyl (C=O) groups is 1. The van der Waals surface area contributed by atoms with Gasteiger partial charge in [-0.05, 0) is 62.2 Å². The molecule has 2 aromatic rings. The second-order valence-corrected chi connectivity index (χ2v) is 7.80. The minimum atomic E-state index is -3.32. The average molecular weight is 360 g/mol. The summed E-state index contributed by atoms with van der Waals surface area (Å²) < 4.78 is 25.5. The first-order valence-corrected chi connectivity index (χ1v) is 10.0. The van der Waals surface area contributed by atoms with Crippen LogP contribution < -0.4 is 9.62 Å². The quantitative estimate of drug-likeness (QED) is 0.819. The fourth-order valence-electron chi connectivity index (χ4n) is 2.50. The van der Waals surface area contributed by atoms with Crippen LogP contribution >= 0.6 is 0 Å². The van der Waals surface area contributed by atoms with Gasteiger partial charge in [-0.1, -0.05) is 19.1 Å². The van der Waals surface area contributed by atoms with Gasteiger partial charge in [-0.25, -0.2) is 8.42 Å². The average Bonchev–Trinajstić information content (AvgIpc) is 2.63. The van der Waals surface area contributed by atoms with E-state index in [-0.39, 0.29) is 11.7 Å². The summed E-state index contributed by atoms with van der Waals surface area (Å²) in [5.41, 5.74) is 2.98. The van der Waals surface area contributed by atoms with Crippen LogP contribution in [-0.4, -0.2) is 26.6 Å². The van der Waals surface area contributed by atoms with Gasteiger partial charge in [-0.3, -0.25) is 9.10 Å². The normalized spacial score (nSPS) is 11.2. The van der Waals surface area contributed by atoms with Gasteiger partial charge in [0.25, 0.3) is 5.91 Å². The molecular formula is C19H24N2O3S. The topological polar surface area (TPSA) is 66.5 Å². The summed E-state index contributed by atoms with van der Waals surface area (Å²) in [6.07, 6.45) is 0.949. The molecule has 0 saturated heterocycles. The Hall–Kier alpha value is -2.34.